The van der Waals surface area contributed by atoms with Gasteiger partial charge >= 0.3 is 0 Å². The van der Waals surface area contributed by atoms with E-state index >= 15 is 0 Å². The van der Waals surface area contributed by atoms with Crippen molar-refractivity contribution in [3.63, 3.8) is 0 Å². The monoisotopic (exact) mass is 395 g/mol. The first-order valence-electron chi connectivity index (χ1n) is 10.6. The lowest BCUT2D eigenvalue weighted by molar-refractivity contribution is -0.127. The van der Waals surface area contributed by atoms with E-state index in [0.29, 0.717) is 18.3 Å². The third-order valence-electron chi connectivity index (χ3n) is 6.13. The molecule has 1 N–H and O–H groups in total. The van der Waals surface area contributed by atoms with Gasteiger partial charge in [-0.3, -0.25) is 14.5 Å². The summed E-state index contributed by atoms with van der Waals surface area (Å²) in [5.74, 6) is 0.598. The fourth-order valence-corrected chi connectivity index (χ4v) is 4.47. The van der Waals surface area contributed by atoms with Crippen LogP contribution in [0.1, 0.15) is 41.8 Å². The highest BCUT2D eigenvalue weighted by Gasteiger charge is 2.33. The molecule has 1 atom stereocenters. The van der Waals surface area contributed by atoms with Crippen LogP contribution in [0, 0.1) is 5.92 Å². The molecule has 1 aromatic heterocycles. The minimum atomic E-state index is -0.0229. The molecule has 3 heterocycles. The quantitative estimate of drug-likeness (QED) is 0.845. The summed E-state index contributed by atoms with van der Waals surface area (Å²) in [6.45, 7) is 3.93. The number of rotatable bonds is 5. The van der Waals surface area contributed by atoms with E-state index in [9.17, 15) is 9.59 Å². The van der Waals surface area contributed by atoms with Gasteiger partial charge in [-0.1, -0.05) is 30.3 Å². The van der Waals surface area contributed by atoms with E-state index in [1.807, 2.05) is 35.2 Å². The van der Waals surface area contributed by atoms with Crippen molar-refractivity contribution < 1.29 is 14.0 Å². The van der Waals surface area contributed by atoms with Crippen LogP contribution in [0.25, 0.3) is 0 Å². The van der Waals surface area contributed by atoms with E-state index < -0.39 is 0 Å². The Kier molecular flexibility index (Phi) is 6.30. The highest BCUT2D eigenvalue weighted by molar-refractivity contribution is 5.91. The molecule has 0 saturated carbocycles. The highest BCUT2D eigenvalue weighted by Crippen LogP contribution is 2.25. The number of hydrogen-bond acceptors (Lipinski definition) is 4. The van der Waals surface area contributed by atoms with Gasteiger partial charge in [0.1, 0.15) is 0 Å². The minimum Gasteiger partial charge on any atom is -0.459 e. The number of nitrogens with one attached hydrogen (secondary N) is 1. The second kappa shape index (κ2) is 9.27. The summed E-state index contributed by atoms with van der Waals surface area (Å²) in [5, 5.41) is 3.10. The summed E-state index contributed by atoms with van der Waals surface area (Å²) in [6.07, 6.45) is 5.44. The van der Waals surface area contributed by atoms with Crippen molar-refractivity contribution in [3.8, 4) is 0 Å². The minimum absolute atomic E-state index is 0.0229. The largest absolute Gasteiger partial charge is 0.459 e. The van der Waals surface area contributed by atoms with Crippen LogP contribution in [-0.2, 0) is 11.3 Å². The van der Waals surface area contributed by atoms with Gasteiger partial charge < -0.3 is 14.6 Å². The van der Waals surface area contributed by atoms with E-state index in [1.165, 1.54) is 6.26 Å². The molecular weight excluding hydrogens is 366 g/mol. The number of furan rings is 1. The second-order valence-electron chi connectivity index (χ2n) is 8.04. The molecule has 0 bridgehead atoms. The van der Waals surface area contributed by atoms with E-state index in [1.54, 1.807) is 12.1 Å². The van der Waals surface area contributed by atoms with Gasteiger partial charge in [0, 0.05) is 32.2 Å². The van der Waals surface area contributed by atoms with Gasteiger partial charge in [0.2, 0.25) is 5.91 Å². The summed E-state index contributed by atoms with van der Waals surface area (Å²) in [7, 11) is 0. The Balaban J connectivity index is 1.25. The molecule has 2 fully saturated rings. The van der Waals surface area contributed by atoms with Crippen molar-refractivity contribution in [1.29, 1.82) is 0 Å². The van der Waals surface area contributed by atoms with Gasteiger partial charge in [0.25, 0.3) is 5.91 Å². The van der Waals surface area contributed by atoms with Crippen molar-refractivity contribution in [3.05, 3.63) is 60.1 Å². The predicted molar refractivity (Wildman–Crippen MR) is 110 cm³/mol. The zero-order valence-electron chi connectivity index (χ0n) is 16.8. The SMILES string of the molecule is O=C(NCc1ccccc1)[C@H]1CCCN(C2CCN(C(=O)c3ccco3)CC2)C1. The first-order chi connectivity index (χ1) is 14.2. The lowest BCUT2D eigenvalue weighted by Gasteiger charge is -2.41. The number of amides is 2. The molecule has 6 nitrogen and oxygen atoms in total. The predicted octanol–water partition coefficient (Wildman–Crippen LogP) is 2.91. The number of carbonyl (C=O) groups is 2. The number of benzene rings is 1. The van der Waals surface area contributed by atoms with Crippen LogP contribution in [0.15, 0.2) is 53.1 Å². The first-order valence-corrected chi connectivity index (χ1v) is 10.6. The molecule has 4 rings (SSSR count). The second-order valence-corrected chi connectivity index (χ2v) is 8.04. The third-order valence-corrected chi connectivity index (χ3v) is 6.13. The molecule has 0 spiro atoms. The standard InChI is InChI=1S/C23H29N3O3/c27-22(24-16-18-6-2-1-3-7-18)19-8-4-12-26(17-19)20-10-13-25(14-11-20)23(28)21-9-5-15-29-21/h1-3,5-7,9,15,19-20H,4,8,10-14,16-17H2,(H,24,27)/t19-/m0/s1. The van der Waals surface area contributed by atoms with E-state index in [2.05, 4.69) is 10.2 Å². The average molecular weight is 396 g/mol. The maximum atomic E-state index is 12.7. The van der Waals surface area contributed by atoms with Crippen molar-refractivity contribution in [2.75, 3.05) is 26.2 Å². The molecule has 6 heteroatoms. The van der Waals surface area contributed by atoms with Gasteiger partial charge in [-0.15, -0.1) is 0 Å². The van der Waals surface area contributed by atoms with Crippen LogP contribution in [0.4, 0.5) is 0 Å². The molecule has 0 aliphatic carbocycles. The van der Waals surface area contributed by atoms with Crippen LogP contribution < -0.4 is 5.32 Å². The molecule has 0 unspecified atom stereocenters. The van der Waals surface area contributed by atoms with Gasteiger partial charge in [-0.05, 0) is 49.9 Å². The summed E-state index contributed by atoms with van der Waals surface area (Å²) in [5.41, 5.74) is 1.13. The van der Waals surface area contributed by atoms with Crippen LogP contribution in [0.5, 0.6) is 0 Å². The molecule has 29 heavy (non-hydrogen) atoms. The van der Waals surface area contributed by atoms with Crippen molar-refractivity contribution in [2.24, 2.45) is 5.92 Å². The molecule has 1 aromatic carbocycles. The molecular formula is C23H29N3O3. The van der Waals surface area contributed by atoms with Gasteiger partial charge in [0.15, 0.2) is 5.76 Å². The zero-order valence-corrected chi connectivity index (χ0v) is 16.8. The molecule has 2 aliphatic rings. The number of likely N-dealkylation sites (tertiary alicyclic amines) is 2. The maximum Gasteiger partial charge on any atom is 0.289 e. The van der Waals surface area contributed by atoms with Gasteiger partial charge in [-0.25, -0.2) is 0 Å². The lowest BCUT2D eigenvalue weighted by Crippen LogP contribution is -2.51. The van der Waals surface area contributed by atoms with Crippen molar-refractivity contribution in [2.45, 2.75) is 38.3 Å². The Bertz CT molecular complexity index is 798. The van der Waals surface area contributed by atoms with Crippen LogP contribution >= 0.6 is 0 Å². The topological polar surface area (TPSA) is 65.8 Å². The Morgan fingerprint density at radius 1 is 1.00 bits per heavy atom. The van der Waals surface area contributed by atoms with E-state index in [4.69, 9.17) is 4.42 Å². The summed E-state index contributed by atoms with van der Waals surface area (Å²) in [6, 6.07) is 13.9. The molecule has 0 radical (unpaired) electrons. The fourth-order valence-electron chi connectivity index (χ4n) is 4.47. The molecule has 154 valence electrons. The van der Waals surface area contributed by atoms with Gasteiger partial charge in [0.05, 0.1) is 12.2 Å². The number of piperidine rings is 2. The fraction of sp³-hybridized carbons (Fsp3) is 0.478. The number of hydrogen-bond donors (Lipinski definition) is 1. The lowest BCUT2D eigenvalue weighted by atomic mass is 9.93. The molecule has 2 amide bonds. The van der Waals surface area contributed by atoms with E-state index in [0.717, 1.165) is 57.4 Å². The number of nitrogens with zero attached hydrogens (tertiary/aromatic N) is 2. The van der Waals surface area contributed by atoms with E-state index in [-0.39, 0.29) is 17.7 Å². The molecule has 2 aliphatic heterocycles. The van der Waals surface area contributed by atoms with Crippen LogP contribution in [0.2, 0.25) is 0 Å². The van der Waals surface area contributed by atoms with Gasteiger partial charge in [-0.2, -0.15) is 0 Å². The third kappa shape index (κ3) is 4.88. The summed E-state index contributed by atoms with van der Waals surface area (Å²) in [4.78, 5) is 29.5. The first kappa shape index (κ1) is 19.7. The maximum absolute atomic E-state index is 12.7. The Labute approximate surface area is 171 Å². The zero-order chi connectivity index (χ0) is 20.1. The Hall–Kier alpha value is -2.60. The highest BCUT2D eigenvalue weighted by atomic mass is 16.3. The molecule has 2 aromatic rings. The van der Waals surface area contributed by atoms with Crippen molar-refractivity contribution in [1.82, 2.24) is 15.1 Å². The van der Waals surface area contributed by atoms with Crippen LogP contribution in [0.3, 0.4) is 0 Å². The van der Waals surface area contributed by atoms with Crippen molar-refractivity contribution >= 4 is 11.8 Å². The molecule has 2 saturated heterocycles. The average Bonchev–Trinajstić information content (AvgIpc) is 3.33. The number of carbonyl (C=O) groups excluding carboxylic acids is 2. The normalized spacial score (nSPS) is 21.1. The summed E-state index contributed by atoms with van der Waals surface area (Å²) < 4.78 is 5.24. The Morgan fingerprint density at radius 2 is 1.79 bits per heavy atom. The Morgan fingerprint density at radius 3 is 2.52 bits per heavy atom. The summed E-state index contributed by atoms with van der Waals surface area (Å²) >= 11 is 0. The smallest absolute Gasteiger partial charge is 0.289 e. The van der Waals surface area contributed by atoms with Crippen LogP contribution in [-0.4, -0.2) is 53.8 Å².